The molecule has 0 aromatic heterocycles. The van der Waals surface area contributed by atoms with Crippen LogP contribution in [0, 0.1) is 5.92 Å². The number of nitrogens with one attached hydrogen (secondary N) is 1. The van der Waals surface area contributed by atoms with Crippen molar-refractivity contribution in [2.75, 3.05) is 14.1 Å². The van der Waals surface area contributed by atoms with E-state index in [9.17, 15) is 0 Å². The van der Waals surface area contributed by atoms with Gasteiger partial charge in [-0.1, -0.05) is 12.2 Å². The third-order valence-electron chi connectivity index (χ3n) is 2.93. The van der Waals surface area contributed by atoms with Gasteiger partial charge in [-0.3, -0.25) is 0 Å². The lowest BCUT2D eigenvalue weighted by molar-refractivity contribution is 0.364. The van der Waals surface area contributed by atoms with Crippen molar-refractivity contribution >= 4 is 11.9 Å². The van der Waals surface area contributed by atoms with Crippen molar-refractivity contribution in [2.45, 2.75) is 25.4 Å². The van der Waals surface area contributed by atoms with Crippen LogP contribution in [0.2, 0.25) is 0 Å². The van der Waals surface area contributed by atoms with Crippen LogP contribution in [0.3, 0.4) is 0 Å². The number of guanidine groups is 2. The van der Waals surface area contributed by atoms with Crippen molar-refractivity contribution in [3.8, 4) is 0 Å². The van der Waals surface area contributed by atoms with Gasteiger partial charge in [-0.05, 0) is 19.3 Å². The van der Waals surface area contributed by atoms with Crippen molar-refractivity contribution < 1.29 is 0 Å². The maximum absolute atomic E-state index is 5.77. The van der Waals surface area contributed by atoms with Gasteiger partial charge in [0.1, 0.15) is 6.17 Å². The number of rotatable bonds is 1. The molecule has 0 aromatic carbocycles. The van der Waals surface area contributed by atoms with Gasteiger partial charge in [0.05, 0.1) is 0 Å². The van der Waals surface area contributed by atoms with Gasteiger partial charge in [0.2, 0.25) is 5.96 Å². The van der Waals surface area contributed by atoms with Gasteiger partial charge in [-0.25, -0.2) is 4.99 Å². The van der Waals surface area contributed by atoms with E-state index in [-0.39, 0.29) is 6.17 Å². The van der Waals surface area contributed by atoms with E-state index in [1.807, 2.05) is 19.0 Å². The molecule has 0 saturated carbocycles. The monoisotopic (exact) mass is 221 g/mol. The summed E-state index contributed by atoms with van der Waals surface area (Å²) in [5.74, 6) is 1.70. The summed E-state index contributed by atoms with van der Waals surface area (Å²) in [6.45, 7) is 0. The van der Waals surface area contributed by atoms with Crippen LogP contribution in [0.15, 0.2) is 22.1 Å². The Labute approximate surface area is 96.1 Å². The molecule has 2 aliphatic rings. The Kier molecular flexibility index (Phi) is 3.12. The number of hydrogen-bond acceptors (Lipinski definition) is 5. The fraction of sp³-hybridized carbons (Fsp3) is 0.636. The van der Waals surface area contributed by atoms with E-state index in [2.05, 4.69) is 27.5 Å². The zero-order valence-electron chi connectivity index (χ0n) is 9.85. The summed E-state index contributed by atoms with van der Waals surface area (Å²) in [5.41, 5.74) is 5.77. The molecule has 0 spiro atoms. The molecule has 16 heavy (non-hydrogen) atoms. The molecular formula is C11H19N5. The van der Waals surface area contributed by atoms with Crippen LogP contribution in [-0.4, -0.2) is 37.1 Å². The highest BCUT2D eigenvalue weighted by atomic mass is 15.3. The van der Waals surface area contributed by atoms with Gasteiger partial charge in [0, 0.05) is 20.0 Å². The Morgan fingerprint density at radius 3 is 2.88 bits per heavy atom. The first kappa shape index (κ1) is 11.0. The quantitative estimate of drug-likeness (QED) is 0.634. The Morgan fingerprint density at radius 2 is 2.25 bits per heavy atom. The average molecular weight is 221 g/mol. The Hall–Kier alpha value is -1.52. The summed E-state index contributed by atoms with van der Waals surface area (Å²) >= 11 is 0. The predicted molar refractivity (Wildman–Crippen MR) is 66.1 cm³/mol. The predicted octanol–water partition coefficient (Wildman–Crippen LogP) is 0.504. The highest BCUT2D eigenvalue weighted by molar-refractivity contribution is 5.95. The summed E-state index contributed by atoms with van der Waals surface area (Å²) in [7, 11) is 3.86. The maximum atomic E-state index is 5.77. The number of allylic oxidation sites excluding steroid dienone is 2. The Morgan fingerprint density at radius 1 is 1.44 bits per heavy atom. The second kappa shape index (κ2) is 4.55. The third kappa shape index (κ3) is 2.35. The highest BCUT2D eigenvalue weighted by Gasteiger charge is 2.25. The van der Waals surface area contributed by atoms with Crippen LogP contribution >= 0.6 is 0 Å². The standard InChI is InChI=1S/C11H19N5/c1-16(2)11-14-9(13-10(12)15-11)8-6-4-3-5-7-8/h3-4,8-9H,5-7H2,1-2H3,(H3,12,13,14,15). The molecule has 5 heteroatoms. The van der Waals surface area contributed by atoms with E-state index in [0.29, 0.717) is 17.8 Å². The van der Waals surface area contributed by atoms with Crippen LogP contribution in [0.4, 0.5) is 0 Å². The summed E-state index contributed by atoms with van der Waals surface area (Å²) in [5, 5.41) is 3.15. The van der Waals surface area contributed by atoms with Crippen LogP contribution in [0.1, 0.15) is 19.3 Å². The van der Waals surface area contributed by atoms with Crippen LogP contribution < -0.4 is 11.1 Å². The van der Waals surface area contributed by atoms with Crippen molar-refractivity contribution in [3.63, 3.8) is 0 Å². The number of nitrogens with zero attached hydrogens (tertiary/aromatic N) is 3. The first-order valence-electron chi connectivity index (χ1n) is 5.67. The van der Waals surface area contributed by atoms with Crippen LogP contribution in [-0.2, 0) is 0 Å². The van der Waals surface area contributed by atoms with Gasteiger partial charge in [-0.2, -0.15) is 4.99 Å². The Bertz CT molecular complexity index is 342. The Balaban J connectivity index is 2.11. The van der Waals surface area contributed by atoms with Crippen molar-refractivity contribution in [1.82, 2.24) is 10.2 Å². The second-order valence-electron chi connectivity index (χ2n) is 4.45. The third-order valence-corrected chi connectivity index (χ3v) is 2.93. The summed E-state index contributed by atoms with van der Waals surface area (Å²) in [6.07, 6.45) is 7.88. The normalized spacial score (nSPS) is 29.1. The maximum Gasteiger partial charge on any atom is 0.225 e. The van der Waals surface area contributed by atoms with E-state index in [1.165, 1.54) is 0 Å². The van der Waals surface area contributed by atoms with Gasteiger partial charge >= 0.3 is 0 Å². The molecule has 1 heterocycles. The van der Waals surface area contributed by atoms with E-state index in [1.54, 1.807) is 0 Å². The van der Waals surface area contributed by atoms with Gasteiger partial charge in [-0.15, -0.1) is 0 Å². The van der Waals surface area contributed by atoms with Crippen LogP contribution in [0.5, 0.6) is 0 Å². The molecule has 3 N–H and O–H groups in total. The first-order valence-corrected chi connectivity index (χ1v) is 5.67. The minimum Gasteiger partial charge on any atom is -0.370 e. The molecule has 2 rings (SSSR count). The minimum atomic E-state index is 0.0693. The molecule has 5 nitrogen and oxygen atoms in total. The van der Waals surface area contributed by atoms with E-state index < -0.39 is 0 Å². The second-order valence-corrected chi connectivity index (χ2v) is 4.45. The SMILES string of the molecule is CN(C)C1=NC(C2CC=CCC2)NC(N)=N1. The molecule has 2 atom stereocenters. The molecular weight excluding hydrogens is 202 g/mol. The van der Waals surface area contributed by atoms with Crippen molar-refractivity contribution in [1.29, 1.82) is 0 Å². The molecule has 0 saturated heterocycles. The van der Waals surface area contributed by atoms with Crippen molar-refractivity contribution in [2.24, 2.45) is 21.6 Å². The van der Waals surface area contributed by atoms with Gasteiger partial charge < -0.3 is 16.0 Å². The lowest BCUT2D eigenvalue weighted by atomic mass is 9.91. The molecule has 1 aliphatic heterocycles. The molecule has 0 fully saturated rings. The highest BCUT2D eigenvalue weighted by Crippen LogP contribution is 2.23. The fourth-order valence-corrected chi connectivity index (χ4v) is 2.02. The number of nitrogens with two attached hydrogens (primary N) is 1. The molecule has 0 bridgehead atoms. The number of aliphatic imine (C=N–C) groups is 2. The minimum absolute atomic E-state index is 0.0693. The van der Waals surface area contributed by atoms with Gasteiger partial charge in [0.15, 0.2) is 5.96 Å². The lowest BCUT2D eigenvalue weighted by Crippen LogP contribution is -2.48. The summed E-state index contributed by atoms with van der Waals surface area (Å²) < 4.78 is 0. The van der Waals surface area contributed by atoms with E-state index in [4.69, 9.17) is 5.73 Å². The molecule has 0 aromatic rings. The van der Waals surface area contributed by atoms with E-state index >= 15 is 0 Å². The largest absolute Gasteiger partial charge is 0.370 e. The molecule has 88 valence electrons. The summed E-state index contributed by atoms with van der Waals surface area (Å²) in [4.78, 5) is 10.6. The summed E-state index contributed by atoms with van der Waals surface area (Å²) in [6, 6.07) is 0. The van der Waals surface area contributed by atoms with Crippen LogP contribution in [0.25, 0.3) is 0 Å². The first-order chi connectivity index (χ1) is 7.66. The zero-order valence-corrected chi connectivity index (χ0v) is 9.85. The van der Waals surface area contributed by atoms with E-state index in [0.717, 1.165) is 19.3 Å². The molecule has 0 radical (unpaired) electrons. The number of hydrogen-bond donors (Lipinski definition) is 2. The molecule has 0 amide bonds. The topological polar surface area (TPSA) is 66.0 Å². The molecule has 1 aliphatic carbocycles. The lowest BCUT2D eigenvalue weighted by Gasteiger charge is -2.30. The molecule has 2 unspecified atom stereocenters. The van der Waals surface area contributed by atoms with Crippen molar-refractivity contribution in [3.05, 3.63) is 12.2 Å². The zero-order chi connectivity index (χ0) is 11.5. The fourth-order valence-electron chi connectivity index (χ4n) is 2.02. The smallest absolute Gasteiger partial charge is 0.225 e. The average Bonchev–Trinajstić information content (AvgIpc) is 2.29. The van der Waals surface area contributed by atoms with Gasteiger partial charge in [0.25, 0.3) is 0 Å².